The molecule has 3 aliphatic heterocycles. The second kappa shape index (κ2) is 15.2. The van der Waals surface area contributed by atoms with Gasteiger partial charge in [-0.3, -0.25) is 0 Å². The molecule has 9 aromatic rings. The Kier molecular flexibility index (Phi) is 9.75. The average molecular weight is 944 g/mol. The van der Waals surface area contributed by atoms with E-state index in [1.165, 1.54) is 83.4 Å². The van der Waals surface area contributed by atoms with E-state index in [0.717, 1.165) is 34.0 Å². The van der Waals surface area contributed by atoms with Crippen molar-refractivity contribution in [3.63, 3.8) is 0 Å². The molecule has 4 heteroatoms. The largest absolute Gasteiger partial charge is 0.499 e. The molecule has 4 nitrogen and oxygen atoms in total. The molecular weight excluding hydrogens is 875 g/mol. The van der Waals surface area contributed by atoms with Gasteiger partial charge in [-0.1, -0.05) is 200 Å². The van der Waals surface area contributed by atoms with Crippen molar-refractivity contribution in [2.24, 2.45) is 5.41 Å². The Hall–Kier alpha value is -7.04. The number of aromatic nitrogens is 3. The Morgan fingerprint density at radius 3 is 1.64 bits per heavy atom. The van der Waals surface area contributed by atoms with Gasteiger partial charge in [-0.15, -0.1) is 9.13 Å². The van der Waals surface area contributed by atoms with E-state index in [9.17, 15) is 0 Å². The van der Waals surface area contributed by atoms with Crippen molar-refractivity contribution in [2.45, 2.75) is 124 Å². The van der Waals surface area contributed by atoms with Crippen molar-refractivity contribution >= 4 is 11.0 Å². The summed E-state index contributed by atoms with van der Waals surface area (Å²) in [6.07, 6.45) is 2.31. The topological polar surface area (TPSA) is 21.9 Å². The quantitative estimate of drug-likeness (QED) is 0.158. The molecule has 0 amide bonds. The third-order valence-electron chi connectivity index (χ3n) is 16.9. The maximum absolute atomic E-state index is 8.24. The Morgan fingerprint density at radius 2 is 1.01 bits per heavy atom. The highest BCUT2D eigenvalue weighted by Gasteiger charge is 2.69. The smallest absolute Gasteiger partial charge is 0.392 e. The Bertz CT molecular complexity index is 3690. The summed E-state index contributed by atoms with van der Waals surface area (Å²) in [5.74, 6) is 0.955. The van der Waals surface area contributed by atoms with Crippen LogP contribution in [0, 0.1) is 5.41 Å². The molecule has 0 saturated carbocycles. The van der Waals surface area contributed by atoms with Crippen LogP contribution in [-0.4, -0.2) is 4.57 Å². The average Bonchev–Trinajstić information content (AvgIpc) is 3.84. The van der Waals surface area contributed by atoms with Gasteiger partial charge < -0.3 is 4.74 Å². The summed E-state index contributed by atoms with van der Waals surface area (Å²) >= 11 is 0. The molecule has 1 atom stereocenters. The second-order valence-corrected chi connectivity index (χ2v) is 25.6. The Balaban J connectivity index is 1.24. The molecule has 1 unspecified atom stereocenters. The van der Waals surface area contributed by atoms with Crippen LogP contribution < -0.4 is 13.9 Å². The zero-order valence-electron chi connectivity index (χ0n) is 44.8. The van der Waals surface area contributed by atoms with Crippen LogP contribution in [0.2, 0.25) is 0 Å². The third kappa shape index (κ3) is 6.63. The number of rotatable bonds is 5. The third-order valence-corrected chi connectivity index (χ3v) is 16.9. The van der Waals surface area contributed by atoms with E-state index in [1.807, 2.05) is 0 Å². The molecule has 72 heavy (non-hydrogen) atoms. The number of imidazole rings is 1. The first-order valence-corrected chi connectivity index (χ1v) is 26.1. The highest BCUT2D eigenvalue weighted by molar-refractivity contribution is 5.99. The molecular formula is C68H69N3O+2. The van der Waals surface area contributed by atoms with Crippen molar-refractivity contribution in [3.05, 3.63) is 192 Å². The summed E-state index contributed by atoms with van der Waals surface area (Å²) in [5.41, 5.74) is 22.2. The van der Waals surface area contributed by atoms with Crippen LogP contribution in [0.15, 0.2) is 164 Å². The minimum atomic E-state index is -1.10. The lowest BCUT2D eigenvalue weighted by Crippen LogP contribution is -2.78. The molecule has 0 aliphatic carbocycles. The molecule has 5 heterocycles. The van der Waals surface area contributed by atoms with E-state index in [4.69, 9.17) is 4.74 Å². The first kappa shape index (κ1) is 46.1. The summed E-state index contributed by atoms with van der Waals surface area (Å²) in [6, 6.07) is 59.6. The van der Waals surface area contributed by atoms with Crippen molar-refractivity contribution < 1.29 is 13.9 Å². The van der Waals surface area contributed by atoms with Crippen LogP contribution in [0.1, 0.15) is 125 Å². The number of hydrogen-bond donors (Lipinski definition) is 0. The van der Waals surface area contributed by atoms with E-state index in [-0.39, 0.29) is 27.1 Å². The summed E-state index contributed by atoms with van der Waals surface area (Å²) < 4.78 is 15.9. The molecule has 0 saturated heterocycles. The Morgan fingerprint density at radius 1 is 0.444 bits per heavy atom. The molecule has 1 spiro atoms. The maximum atomic E-state index is 8.24. The first-order valence-electron chi connectivity index (χ1n) is 26.1. The number of ether oxygens (including phenoxy) is 1. The van der Waals surface area contributed by atoms with Crippen LogP contribution in [0.3, 0.4) is 0 Å². The highest BCUT2D eigenvalue weighted by atomic mass is 16.5. The van der Waals surface area contributed by atoms with Gasteiger partial charge in [-0.2, -0.15) is 4.57 Å². The minimum absolute atomic E-state index is 0.0224. The monoisotopic (exact) mass is 944 g/mol. The van der Waals surface area contributed by atoms with Crippen molar-refractivity contribution in [2.75, 3.05) is 0 Å². The van der Waals surface area contributed by atoms with E-state index < -0.39 is 5.85 Å². The lowest BCUT2D eigenvalue weighted by Gasteiger charge is -2.39. The van der Waals surface area contributed by atoms with Gasteiger partial charge >= 0.3 is 11.7 Å². The predicted octanol–water partition coefficient (Wildman–Crippen LogP) is 16.6. The molecule has 7 aromatic carbocycles. The van der Waals surface area contributed by atoms with Crippen LogP contribution in [0.25, 0.3) is 83.9 Å². The molecule has 0 N–H and O–H groups in total. The molecule has 2 aromatic heterocycles. The molecule has 12 rings (SSSR count). The van der Waals surface area contributed by atoms with E-state index in [1.54, 1.807) is 0 Å². The predicted molar refractivity (Wildman–Crippen MR) is 298 cm³/mol. The second-order valence-electron chi connectivity index (χ2n) is 25.6. The maximum Gasteiger partial charge on any atom is 0.499 e. The highest BCUT2D eigenvalue weighted by Crippen LogP contribution is 2.57. The first-order chi connectivity index (χ1) is 34.0. The number of pyridine rings is 1. The number of para-hydroxylation sites is 1. The summed E-state index contributed by atoms with van der Waals surface area (Å²) in [5, 5.41) is 0. The van der Waals surface area contributed by atoms with E-state index >= 15 is 0 Å². The fraction of sp³-hybridized carbons (Fsp3) is 0.294. The van der Waals surface area contributed by atoms with E-state index in [0.29, 0.717) is 0 Å². The molecule has 0 radical (unpaired) electrons. The lowest BCUT2D eigenvalue weighted by atomic mass is 9.65. The van der Waals surface area contributed by atoms with Gasteiger partial charge in [0.1, 0.15) is 16.8 Å². The molecule has 3 aliphatic rings. The van der Waals surface area contributed by atoms with Gasteiger partial charge in [0.05, 0.1) is 5.56 Å². The summed E-state index contributed by atoms with van der Waals surface area (Å²) in [7, 11) is 0. The van der Waals surface area contributed by atoms with Crippen LogP contribution in [0.5, 0.6) is 5.75 Å². The molecule has 0 fully saturated rings. The summed E-state index contributed by atoms with van der Waals surface area (Å²) in [4.78, 5) is 0. The number of fused-ring (bicyclic) bond motifs is 5. The van der Waals surface area contributed by atoms with Crippen LogP contribution in [-0.2, 0) is 27.5 Å². The van der Waals surface area contributed by atoms with Crippen LogP contribution >= 0.6 is 0 Å². The number of hydrogen-bond acceptors (Lipinski definition) is 1. The van der Waals surface area contributed by atoms with Crippen molar-refractivity contribution in [1.29, 1.82) is 0 Å². The summed E-state index contributed by atoms with van der Waals surface area (Å²) in [6.45, 7) is 33.0. The normalized spacial score (nSPS) is 15.8. The minimum Gasteiger partial charge on any atom is -0.392 e. The van der Waals surface area contributed by atoms with Gasteiger partial charge in [0.15, 0.2) is 23.0 Å². The fourth-order valence-corrected chi connectivity index (χ4v) is 11.7. The lowest BCUT2D eigenvalue weighted by molar-refractivity contribution is -0.997. The SMILES string of the molecule is CC(C)(C)c1cc2c3c(c1)-c1cc(-c4ccc(-c5ccccc5)cc4)cc[n+]1C31Oc3c(cc(C(C)(C)C)cc3C(C)(C)C)-c3n(-c4ccc(C(C)(C)C(C)(C)C)cc4-c4ccccc4)c4cccc-2c4[n+]31. The van der Waals surface area contributed by atoms with Crippen LogP contribution in [0.4, 0.5) is 0 Å². The van der Waals surface area contributed by atoms with E-state index in [2.05, 4.69) is 275 Å². The molecule has 360 valence electrons. The van der Waals surface area contributed by atoms with Gasteiger partial charge in [0.25, 0.3) is 0 Å². The Labute approximate surface area is 427 Å². The van der Waals surface area contributed by atoms with Gasteiger partial charge in [-0.05, 0) is 114 Å². The number of nitrogens with zero attached hydrogens (tertiary/aromatic N) is 3. The standard InChI is InChI=1S/C68H69N3O/c1-63(2,3)48-38-52-50-26-21-27-57-60(50)71-62(70(57)56-33-32-47(67(13,14)66(10,11)12)37-51(56)45-24-19-16-20-25-45)54-40-49(64(4,5)6)41-55(65(7,8)9)61(54)72-68(71)59(52)53(39-48)58-36-46(34-35-69(58)68)44-30-28-43(29-31-44)42-22-17-15-18-23-42/h15-41H,1-14H3/q+2. The van der Waals surface area contributed by atoms with Gasteiger partial charge in [0.2, 0.25) is 5.69 Å². The van der Waals surface area contributed by atoms with Gasteiger partial charge in [0, 0.05) is 34.4 Å². The number of benzene rings is 7. The fourth-order valence-electron chi connectivity index (χ4n) is 11.7. The zero-order valence-corrected chi connectivity index (χ0v) is 44.8. The zero-order chi connectivity index (χ0) is 50.7. The van der Waals surface area contributed by atoms with Crippen molar-refractivity contribution in [3.8, 4) is 78.6 Å². The molecule has 0 bridgehead atoms. The van der Waals surface area contributed by atoms with Crippen molar-refractivity contribution in [1.82, 2.24) is 4.57 Å². The van der Waals surface area contributed by atoms with Gasteiger partial charge in [-0.25, -0.2) is 0 Å².